The van der Waals surface area contributed by atoms with Gasteiger partial charge in [0.15, 0.2) is 0 Å². The van der Waals surface area contributed by atoms with Crippen molar-refractivity contribution in [1.29, 1.82) is 0 Å². The molecule has 7 unspecified atom stereocenters. The summed E-state index contributed by atoms with van der Waals surface area (Å²) in [5.74, 6) is -2.59. The van der Waals surface area contributed by atoms with E-state index in [0.717, 1.165) is 0 Å². The number of anilines is 1. The molecule has 1 aromatic rings. The first-order valence-corrected chi connectivity index (χ1v) is 15.1. The first-order valence-electron chi connectivity index (χ1n) is 15.1. The van der Waals surface area contributed by atoms with Crippen LogP contribution >= 0.6 is 0 Å². The third-order valence-electron chi connectivity index (χ3n) is 7.28. The molecule has 0 saturated carbocycles. The van der Waals surface area contributed by atoms with E-state index >= 15 is 0 Å². The number of amides is 3. The maximum atomic E-state index is 13.4. The second kappa shape index (κ2) is 20.4. The zero-order valence-electron chi connectivity index (χ0n) is 26.0. The van der Waals surface area contributed by atoms with E-state index in [2.05, 4.69) is 21.3 Å². The third kappa shape index (κ3) is 14.0. The van der Waals surface area contributed by atoms with E-state index in [-0.39, 0.29) is 49.3 Å². The molecule has 0 radical (unpaired) electrons. The Morgan fingerprint density at radius 1 is 0.864 bits per heavy atom. The van der Waals surface area contributed by atoms with Crippen molar-refractivity contribution < 1.29 is 50.0 Å². The molecule has 0 saturated heterocycles. The molecule has 15 heteroatoms. The van der Waals surface area contributed by atoms with Crippen molar-refractivity contribution in [3.05, 3.63) is 24.3 Å². The van der Waals surface area contributed by atoms with Gasteiger partial charge < -0.3 is 56.8 Å². The summed E-state index contributed by atoms with van der Waals surface area (Å²) in [7, 11) is -1.71. The summed E-state index contributed by atoms with van der Waals surface area (Å²) in [6, 6.07) is 6.04. The Labute approximate surface area is 259 Å². The molecular formula is C29H51BN4O10. The van der Waals surface area contributed by atoms with Crippen LogP contribution in [0.4, 0.5) is 5.69 Å². The molecule has 0 bridgehead atoms. The molecule has 0 spiro atoms. The SMILES string of the molecule is CCC(CC(CC(C)C(=O)NCCCNCC(O)C(O)C(O)C(O)CO)C(=O)Nc1cccc(B(O)O)c1)C(=O)NC(C)C. The van der Waals surface area contributed by atoms with Crippen molar-refractivity contribution in [2.45, 2.75) is 83.8 Å². The number of carbonyl (C=O) groups excluding carboxylic acids is 3. The van der Waals surface area contributed by atoms with Crippen LogP contribution in [0, 0.1) is 17.8 Å². The minimum atomic E-state index is -1.71. The molecule has 1 rings (SSSR count). The van der Waals surface area contributed by atoms with E-state index in [4.69, 9.17) is 5.11 Å². The second-order valence-electron chi connectivity index (χ2n) is 11.5. The van der Waals surface area contributed by atoms with Crippen molar-refractivity contribution >= 4 is 36.0 Å². The summed E-state index contributed by atoms with van der Waals surface area (Å²) in [6.07, 6.45) is -5.02. The number of aliphatic hydroxyl groups is 5. The minimum Gasteiger partial charge on any atom is -0.423 e. The van der Waals surface area contributed by atoms with Gasteiger partial charge in [-0.15, -0.1) is 0 Å². The summed E-state index contributed by atoms with van der Waals surface area (Å²) in [4.78, 5) is 39.0. The summed E-state index contributed by atoms with van der Waals surface area (Å²) < 4.78 is 0. The van der Waals surface area contributed by atoms with Gasteiger partial charge in [0.2, 0.25) is 17.7 Å². The van der Waals surface area contributed by atoms with Gasteiger partial charge in [0.05, 0.1) is 12.7 Å². The number of hydrogen-bond donors (Lipinski definition) is 11. The maximum Gasteiger partial charge on any atom is 0.488 e. The highest BCUT2D eigenvalue weighted by atomic mass is 16.4. The van der Waals surface area contributed by atoms with Gasteiger partial charge in [0.25, 0.3) is 0 Å². The monoisotopic (exact) mass is 626 g/mol. The molecule has 0 aliphatic heterocycles. The molecule has 14 nitrogen and oxygen atoms in total. The molecule has 0 aromatic heterocycles. The molecular weight excluding hydrogens is 575 g/mol. The van der Waals surface area contributed by atoms with E-state index in [1.807, 2.05) is 20.8 Å². The van der Waals surface area contributed by atoms with Crippen LogP contribution in [-0.2, 0) is 14.4 Å². The summed E-state index contributed by atoms with van der Waals surface area (Å²) >= 11 is 0. The average Bonchev–Trinajstić information content (AvgIpc) is 2.98. The van der Waals surface area contributed by atoms with E-state index < -0.39 is 61.8 Å². The van der Waals surface area contributed by atoms with Crippen molar-refractivity contribution in [3.63, 3.8) is 0 Å². The van der Waals surface area contributed by atoms with Gasteiger partial charge in [-0.05, 0) is 63.7 Å². The lowest BCUT2D eigenvalue weighted by atomic mass is 9.80. The number of hydrogen-bond acceptors (Lipinski definition) is 11. The van der Waals surface area contributed by atoms with E-state index in [1.54, 1.807) is 19.1 Å². The Balaban J connectivity index is 2.75. The number of carbonyl (C=O) groups is 3. The molecule has 44 heavy (non-hydrogen) atoms. The Morgan fingerprint density at radius 3 is 2.11 bits per heavy atom. The van der Waals surface area contributed by atoms with Crippen LogP contribution in [-0.4, -0.2) is 117 Å². The molecule has 11 N–H and O–H groups in total. The molecule has 0 heterocycles. The summed E-state index contributed by atoms with van der Waals surface area (Å²) in [6.45, 7) is 7.01. The van der Waals surface area contributed by atoms with E-state index in [0.29, 0.717) is 25.1 Å². The van der Waals surface area contributed by atoms with E-state index in [9.17, 15) is 44.9 Å². The maximum absolute atomic E-state index is 13.4. The number of rotatable bonds is 21. The smallest absolute Gasteiger partial charge is 0.423 e. The van der Waals surface area contributed by atoms with Gasteiger partial charge in [-0.25, -0.2) is 0 Å². The number of aliphatic hydroxyl groups excluding tert-OH is 5. The predicted molar refractivity (Wildman–Crippen MR) is 165 cm³/mol. The Morgan fingerprint density at radius 2 is 1.52 bits per heavy atom. The van der Waals surface area contributed by atoms with Gasteiger partial charge in [-0.2, -0.15) is 0 Å². The molecule has 3 amide bonds. The lowest BCUT2D eigenvalue weighted by Gasteiger charge is -2.25. The van der Waals surface area contributed by atoms with Crippen LogP contribution < -0.4 is 26.7 Å². The fourth-order valence-corrected chi connectivity index (χ4v) is 4.60. The molecule has 0 aliphatic rings. The van der Waals surface area contributed by atoms with Crippen LogP contribution in [0.1, 0.15) is 53.4 Å². The van der Waals surface area contributed by atoms with Crippen molar-refractivity contribution in [3.8, 4) is 0 Å². The fraction of sp³-hybridized carbons (Fsp3) is 0.690. The summed E-state index contributed by atoms with van der Waals surface area (Å²) in [5, 5.41) is 78.0. The topological polar surface area (TPSA) is 241 Å². The zero-order valence-corrected chi connectivity index (χ0v) is 26.0. The highest BCUT2D eigenvalue weighted by Gasteiger charge is 2.31. The lowest BCUT2D eigenvalue weighted by molar-refractivity contribution is -0.128. The Kier molecular flexibility index (Phi) is 18.3. The van der Waals surface area contributed by atoms with Gasteiger partial charge in [-0.3, -0.25) is 14.4 Å². The minimum absolute atomic E-state index is 0.0743. The third-order valence-corrected chi connectivity index (χ3v) is 7.28. The lowest BCUT2D eigenvalue weighted by Crippen LogP contribution is -2.49. The molecule has 0 fully saturated rings. The van der Waals surface area contributed by atoms with Gasteiger partial charge in [-0.1, -0.05) is 26.0 Å². The van der Waals surface area contributed by atoms with Crippen molar-refractivity contribution in [2.24, 2.45) is 17.8 Å². The van der Waals surface area contributed by atoms with Crippen LogP contribution in [0.3, 0.4) is 0 Å². The first-order chi connectivity index (χ1) is 20.7. The molecule has 250 valence electrons. The Bertz CT molecular complexity index is 1020. The molecule has 1 aromatic carbocycles. The largest absolute Gasteiger partial charge is 0.488 e. The highest BCUT2D eigenvalue weighted by Crippen LogP contribution is 2.25. The Hall–Kier alpha value is -2.63. The molecule has 7 atom stereocenters. The second-order valence-corrected chi connectivity index (χ2v) is 11.5. The zero-order chi connectivity index (χ0) is 33.4. The van der Waals surface area contributed by atoms with Crippen LogP contribution in [0.15, 0.2) is 24.3 Å². The van der Waals surface area contributed by atoms with Crippen LogP contribution in [0.2, 0.25) is 0 Å². The fourth-order valence-electron chi connectivity index (χ4n) is 4.60. The van der Waals surface area contributed by atoms with Crippen molar-refractivity contribution in [1.82, 2.24) is 16.0 Å². The first kappa shape index (κ1) is 39.4. The van der Waals surface area contributed by atoms with E-state index in [1.165, 1.54) is 12.1 Å². The van der Waals surface area contributed by atoms with Crippen LogP contribution in [0.5, 0.6) is 0 Å². The quantitative estimate of drug-likeness (QED) is 0.0500. The highest BCUT2D eigenvalue weighted by molar-refractivity contribution is 6.58. The number of benzene rings is 1. The van der Waals surface area contributed by atoms with Crippen LogP contribution in [0.25, 0.3) is 0 Å². The normalized spacial score (nSPS) is 16.3. The molecule has 0 aliphatic carbocycles. The average molecular weight is 627 g/mol. The van der Waals surface area contributed by atoms with Crippen molar-refractivity contribution in [2.75, 3.05) is 31.6 Å². The van der Waals surface area contributed by atoms with Gasteiger partial charge in [0.1, 0.15) is 18.3 Å². The number of nitrogens with one attached hydrogen (secondary N) is 4. The standard InChI is InChI=1S/C29H51BN4O10/c1-5-19(28(41)33-17(2)3)13-20(29(42)34-22-9-6-8-21(14-22)30(43)44)12-18(4)27(40)32-11-7-10-31-15-23(36)25(38)26(39)24(37)16-35/h6,8-9,14,17-20,23-26,31,35-39,43-44H,5,7,10-13,15-16H2,1-4H3,(H,32,40)(H,33,41)(H,34,42). The van der Waals surface area contributed by atoms with Gasteiger partial charge in [0, 0.05) is 42.6 Å². The summed E-state index contributed by atoms with van der Waals surface area (Å²) in [5.41, 5.74) is 0.555. The van der Waals surface area contributed by atoms with Gasteiger partial charge >= 0.3 is 7.12 Å². The predicted octanol–water partition coefficient (Wildman–Crippen LogP) is -2.58.